The Morgan fingerprint density at radius 1 is 1.37 bits per heavy atom. The molecule has 0 unspecified atom stereocenters. The first-order valence-corrected chi connectivity index (χ1v) is 5.53. The van der Waals surface area contributed by atoms with Gasteiger partial charge >= 0.3 is 0 Å². The van der Waals surface area contributed by atoms with E-state index < -0.39 is 6.04 Å². The summed E-state index contributed by atoms with van der Waals surface area (Å²) in [7, 11) is 0. The summed E-state index contributed by atoms with van der Waals surface area (Å²) in [6.45, 7) is 0. The zero-order chi connectivity index (χ0) is 13.4. The molecule has 19 heavy (non-hydrogen) atoms. The minimum atomic E-state index is -0.456. The Balaban J connectivity index is 2.11. The van der Waals surface area contributed by atoms with Gasteiger partial charge in [-0.1, -0.05) is 12.1 Å². The minimum Gasteiger partial charge on any atom is -0.383 e. The third kappa shape index (κ3) is 1.70. The zero-order valence-electron chi connectivity index (χ0n) is 9.71. The van der Waals surface area contributed by atoms with E-state index in [0.717, 1.165) is 5.56 Å². The fourth-order valence-electron chi connectivity index (χ4n) is 2.01. The maximum absolute atomic E-state index is 13.0. The highest BCUT2D eigenvalue weighted by Crippen LogP contribution is 2.32. The lowest BCUT2D eigenvalue weighted by atomic mass is 9.98. The van der Waals surface area contributed by atoms with Gasteiger partial charge in [0.15, 0.2) is 0 Å². The lowest BCUT2D eigenvalue weighted by Gasteiger charge is -2.25. The predicted molar refractivity (Wildman–Crippen MR) is 65.8 cm³/mol. The van der Waals surface area contributed by atoms with Gasteiger partial charge in [0, 0.05) is 0 Å². The van der Waals surface area contributed by atoms with Gasteiger partial charge in [-0.3, -0.25) is 0 Å². The van der Waals surface area contributed by atoms with Crippen LogP contribution in [-0.4, -0.2) is 14.8 Å². The monoisotopic (exact) mass is 256 g/mol. The molecule has 1 aromatic heterocycles. The number of anilines is 1. The second-order valence-corrected chi connectivity index (χ2v) is 4.04. The molecular formula is C12H9FN6. The first-order chi connectivity index (χ1) is 9.20. The van der Waals surface area contributed by atoms with Crippen LogP contribution in [0, 0.1) is 17.1 Å². The molecule has 0 saturated carbocycles. The molecule has 94 valence electrons. The molecule has 1 atom stereocenters. The molecule has 1 aliphatic rings. The van der Waals surface area contributed by atoms with E-state index in [2.05, 4.69) is 21.5 Å². The lowest BCUT2D eigenvalue weighted by molar-refractivity contribution is 0.626. The molecule has 7 heteroatoms. The number of fused-ring (bicyclic) bond motifs is 1. The molecule has 0 saturated heterocycles. The average molecular weight is 256 g/mol. The van der Waals surface area contributed by atoms with Crippen LogP contribution in [0.25, 0.3) is 5.82 Å². The van der Waals surface area contributed by atoms with Crippen molar-refractivity contribution in [3.63, 3.8) is 0 Å². The number of hydrogen-bond donors (Lipinski definition) is 2. The van der Waals surface area contributed by atoms with Crippen LogP contribution in [0.15, 0.2) is 36.2 Å². The first-order valence-electron chi connectivity index (χ1n) is 5.53. The van der Waals surface area contributed by atoms with Crippen molar-refractivity contribution in [1.29, 1.82) is 5.26 Å². The molecule has 0 spiro atoms. The molecule has 3 rings (SSSR count). The largest absolute Gasteiger partial charge is 0.383 e. The van der Waals surface area contributed by atoms with Crippen molar-refractivity contribution in [2.75, 3.05) is 5.32 Å². The Hall–Kier alpha value is -2.88. The number of aromatic nitrogens is 3. The molecule has 1 aliphatic heterocycles. The highest BCUT2D eigenvalue weighted by molar-refractivity contribution is 5.65. The summed E-state index contributed by atoms with van der Waals surface area (Å²) in [5.74, 6) is 0.340. The van der Waals surface area contributed by atoms with E-state index in [1.54, 1.807) is 12.1 Å². The Kier molecular flexibility index (Phi) is 2.42. The average Bonchev–Trinajstić information content (AvgIpc) is 2.88. The molecule has 0 aliphatic carbocycles. The van der Waals surface area contributed by atoms with Crippen LogP contribution in [0.2, 0.25) is 0 Å². The van der Waals surface area contributed by atoms with Gasteiger partial charge < -0.3 is 11.1 Å². The van der Waals surface area contributed by atoms with Crippen LogP contribution < -0.4 is 11.1 Å². The van der Waals surface area contributed by atoms with E-state index in [4.69, 9.17) is 5.73 Å². The summed E-state index contributed by atoms with van der Waals surface area (Å²) in [6.07, 6.45) is 1.34. The van der Waals surface area contributed by atoms with Crippen LogP contribution in [-0.2, 0) is 0 Å². The van der Waals surface area contributed by atoms with E-state index in [1.807, 2.05) is 0 Å². The van der Waals surface area contributed by atoms with Gasteiger partial charge in [-0.25, -0.2) is 4.39 Å². The van der Waals surface area contributed by atoms with E-state index in [0.29, 0.717) is 11.5 Å². The van der Waals surface area contributed by atoms with Crippen molar-refractivity contribution in [3.05, 3.63) is 47.5 Å². The third-order valence-electron chi connectivity index (χ3n) is 2.94. The number of nitrogens with two attached hydrogens (primary N) is 1. The van der Waals surface area contributed by atoms with Gasteiger partial charge in [0.05, 0.1) is 11.6 Å². The number of hydrogen-bond acceptors (Lipinski definition) is 5. The standard InChI is InChI=1S/C12H9FN6/c13-8-3-1-7(2-4-8)10-9(5-14)11(15)19-12(18-10)16-6-17-19/h1-4,6,10H,15H2,(H,16,17,18)/t10-/m1/s1. The predicted octanol–water partition coefficient (Wildman–Crippen LogP) is 1.23. The van der Waals surface area contributed by atoms with Crippen molar-refractivity contribution in [3.8, 4) is 6.07 Å². The fourth-order valence-corrected chi connectivity index (χ4v) is 2.01. The lowest BCUT2D eigenvalue weighted by Crippen LogP contribution is -2.27. The number of benzene rings is 1. The Bertz CT molecular complexity index is 694. The van der Waals surface area contributed by atoms with Crippen molar-refractivity contribution >= 4 is 11.8 Å². The van der Waals surface area contributed by atoms with E-state index in [1.165, 1.54) is 23.1 Å². The summed E-state index contributed by atoms with van der Waals surface area (Å²) in [4.78, 5) is 4.01. The quantitative estimate of drug-likeness (QED) is 0.800. The minimum absolute atomic E-state index is 0.225. The summed E-state index contributed by atoms with van der Waals surface area (Å²) in [5, 5.41) is 16.2. The molecule has 0 bridgehead atoms. The van der Waals surface area contributed by atoms with Crippen LogP contribution in [0.5, 0.6) is 0 Å². The zero-order valence-corrected chi connectivity index (χ0v) is 9.71. The molecule has 0 amide bonds. The van der Waals surface area contributed by atoms with Gasteiger partial charge in [0.25, 0.3) is 0 Å². The number of nitrogens with one attached hydrogen (secondary N) is 1. The van der Waals surface area contributed by atoms with Gasteiger partial charge in [-0.15, -0.1) is 0 Å². The molecule has 2 aromatic rings. The van der Waals surface area contributed by atoms with Crippen molar-refractivity contribution in [2.24, 2.45) is 5.73 Å². The van der Waals surface area contributed by atoms with Crippen molar-refractivity contribution < 1.29 is 4.39 Å². The van der Waals surface area contributed by atoms with Crippen molar-refractivity contribution in [1.82, 2.24) is 14.8 Å². The molecule has 0 radical (unpaired) electrons. The SMILES string of the molecule is N#CC1=C(N)n2ncnc2N[C@@H]1c1ccc(F)cc1. The first kappa shape index (κ1) is 11.2. The van der Waals surface area contributed by atoms with Gasteiger partial charge in [0.2, 0.25) is 5.95 Å². The molecule has 3 N–H and O–H groups in total. The van der Waals surface area contributed by atoms with E-state index in [9.17, 15) is 9.65 Å². The van der Waals surface area contributed by atoms with Gasteiger partial charge in [-0.05, 0) is 17.7 Å². The smallest absolute Gasteiger partial charge is 0.228 e. The molecular weight excluding hydrogens is 247 g/mol. The molecule has 2 heterocycles. The maximum atomic E-state index is 13.0. The summed E-state index contributed by atoms with van der Waals surface area (Å²) < 4.78 is 14.3. The van der Waals surface area contributed by atoms with Crippen LogP contribution in [0.4, 0.5) is 10.3 Å². The Labute approximate surface area is 108 Å². The molecule has 6 nitrogen and oxygen atoms in total. The number of nitrogens with zero attached hydrogens (tertiary/aromatic N) is 4. The van der Waals surface area contributed by atoms with Crippen molar-refractivity contribution in [2.45, 2.75) is 6.04 Å². The highest BCUT2D eigenvalue weighted by atomic mass is 19.1. The van der Waals surface area contributed by atoms with Crippen LogP contribution >= 0.6 is 0 Å². The third-order valence-corrected chi connectivity index (χ3v) is 2.94. The number of rotatable bonds is 1. The van der Waals surface area contributed by atoms with Gasteiger partial charge in [0.1, 0.15) is 24.0 Å². The summed E-state index contributed by atoms with van der Waals surface area (Å²) in [6, 6.07) is 7.47. The van der Waals surface area contributed by atoms with Gasteiger partial charge in [-0.2, -0.15) is 20.0 Å². The highest BCUT2D eigenvalue weighted by Gasteiger charge is 2.28. The Morgan fingerprint density at radius 2 is 2.11 bits per heavy atom. The second-order valence-electron chi connectivity index (χ2n) is 4.04. The summed E-state index contributed by atoms with van der Waals surface area (Å²) in [5.41, 5.74) is 6.96. The normalized spacial score (nSPS) is 17.6. The number of halogens is 1. The summed E-state index contributed by atoms with van der Waals surface area (Å²) >= 11 is 0. The Morgan fingerprint density at radius 3 is 2.79 bits per heavy atom. The second kappa shape index (κ2) is 4.10. The number of nitriles is 1. The van der Waals surface area contributed by atoms with E-state index >= 15 is 0 Å². The molecule has 0 fully saturated rings. The van der Waals surface area contributed by atoms with E-state index in [-0.39, 0.29) is 11.6 Å². The maximum Gasteiger partial charge on any atom is 0.228 e. The fraction of sp³-hybridized carbons (Fsp3) is 0.0833. The van der Waals surface area contributed by atoms with Crippen LogP contribution in [0.3, 0.4) is 0 Å². The van der Waals surface area contributed by atoms with Crippen LogP contribution in [0.1, 0.15) is 11.6 Å². The molecule has 1 aromatic carbocycles. The topological polar surface area (TPSA) is 92.5 Å².